The predicted octanol–water partition coefficient (Wildman–Crippen LogP) is 0.172. The Bertz CT molecular complexity index is 707. The van der Waals surface area contributed by atoms with Crippen LogP contribution >= 0.6 is 0 Å². The molecule has 1 aromatic heterocycles. The van der Waals surface area contributed by atoms with E-state index in [0.717, 1.165) is 6.07 Å². The zero-order valence-electron chi connectivity index (χ0n) is 11.6. The third-order valence-corrected chi connectivity index (χ3v) is 4.68. The molecule has 1 amide bonds. The average Bonchev–Trinajstić information content (AvgIpc) is 2.92. The van der Waals surface area contributed by atoms with Crippen molar-refractivity contribution >= 4 is 21.9 Å². The summed E-state index contributed by atoms with van der Waals surface area (Å²) >= 11 is 0. The van der Waals surface area contributed by atoms with E-state index in [1.165, 1.54) is 11.8 Å². The van der Waals surface area contributed by atoms with Crippen LogP contribution in [0, 0.1) is 12.3 Å². The minimum Gasteiger partial charge on any atom is -0.481 e. The zero-order valence-corrected chi connectivity index (χ0v) is 12.4. The summed E-state index contributed by atoms with van der Waals surface area (Å²) in [4.78, 5) is 24.5. The Morgan fingerprint density at radius 2 is 2.10 bits per heavy atom. The number of aliphatic carboxylic acids is 1. The Morgan fingerprint density at radius 1 is 1.48 bits per heavy atom. The van der Waals surface area contributed by atoms with E-state index in [0.29, 0.717) is 6.42 Å². The number of carbonyl (C=O) groups is 2. The highest BCUT2D eigenvalue weighted by atomic mass is 32.2. The number of hydrogen-bond donors (Lipinski definition) is 2. The second kappa shape index (κ2) is 4.85. The van der Waals surface area contributed by atoms with Gasteiger partial charge in [-0.3, -0.25) is 9.59 Å². The number of nitrogens with two attached hydrogens (primary N) is 1. The third kappa shape index (κ3) is 2.79. The fourth-order valence-corrected chi connectivity index (χ4v) is 3.03. The number of rotatable bonds is 3. The first-order valence-corrected chi connectivity index (χ1v) is 7.75. The highest BCUT2D eigenvalue weighted by molar-refractivity contribution is 7.89. The molecule has 0 radical (unpaired) electrons. The maximum absolute atomic E-state index is 12.3. The summed E-state index contributed by atoms with van der Waals surface area (Å²) in [6.07, 6.45) is 0.329. The van der Waals surface area contributed by atoms with Gasteiger partial charge in [-0.2, -0.15) is 0 Å². The molecule has 21 heavy (non-hydrogen) atoms. The molecule has 0 aromatic carbocycles. The SMILES string of the molecule is Cc1oc(C(=O)N2CC[C@](C)(C(=O)O)C2)cc1S(N)(=O)=O. The van der Waals surface area contributed by atoms with Gasteiger partial charge in [0.05, 0.1) is 5.41 Å². The van der Waals surface area contributed by atoms with Crippen molar-refractivity contribution in [2.45, 2.75) is 25.2 Å². The molecule has 3 N–H and O–H groups in total. The van der Waals surface area contributed by atoms with Crippen molar-refractivity contribution in [3.63, 3.8) is 0 Å². The molecule has 1 saturated heterocycles. The highest BCUT2D eigenvalue weighted by Gasteiger charge is 2.43. The predicted molar refractivity (Wildman–Crippen MR) is 71.1 cm³/mol. The van der Waals surface area contributed by atoms with Crippen LogP contribution in [-0.4, -0.2) is 43.4 Å². The van der Waals surface area contributed by atoms with Crippen LogP contribution in [0.4, 0.5) is 0 Å². The molecular formula is C12H16N2O6S. The number of carbonyl (C=O) groups excluding carboxylic acids is 1. The van der Waals surface area contributed by atoms with Crippen LogP contribution in [0.15, 0.2) is 15.4 Å². The van der Waals surface area contributed by atoms with Crippen LogP contribution in [0.25, 0.3) is 0 Å². The van der Waals surface area contributed by atoms with Crippen molar-refractivity contribution in [3.8, 4) is 0 Å². The quantitative estimate of drug-likeness (QED) is 0.817. The molecule has 1 fully saturated rings. The number of aryl methyl sites for hydroxylation is 1. The summed E-state index contributed by atoms with van der Waals surface area (Å²) in [5.74, 6) is -1.65. The molecular weight excluding hydrogens is 300 g/mol. The fraction of sp³-hybridized carbons (Fsp3) is 0.500. The van der Waals surface area contributed by atoms with Gasteiger partial charge in [0.2, 0.25) is 10.0 Å². The van der Waals surface area contributed by atoms with Crippen LogP contribution in [-0.2, 0) is 14.8 Å². The van der Waals surface area contributed by atoms with Crippen molar-refractivity contribution in [1.29, 1.82) is 0 Å². The first-order chi connectivity index (χ1) is 9.54. The molecule has 8 nitrogen and oxygen atoms in total. The molecule has 0 saturated carbocycles. The Morgan fingerprint density at radius 3 is 2.52 bits per heavy atom. The maximum Gasteiger partial charge on any atom is 0.311 e. The van der Waals surface area contributed by atoms with Gasteiger partial charge in [-0.25, -0.2) is 13.6 Å². The summed E-state index contributed by atoms with van der Waals surface area (Å²) in [7, 11) is -3.96. The number of furan rings is 1. The molecule has 0 unspecified atom stereocenters. The number of hydrogen-bond acceptors (Lipinski definition) is 5. The van der Waals surface area contributed by atoms with Crippen molar-refractivity contribution in [1.82, 2.24) is 4.90 Å². The van der Waals surface area contributed by atoms with Gasteiger partial charge >= 0.3 is 5.97 Å². The molecule has 116 valence electrons. The number of carboxylic acids is 1. The van der Waals surface area contributed by atoms with Gasteiger partial charge in [-0.1, -0.05) is 0 Å². The lowest BCUT2D eigenvalue weighted by Crippen LogP contribution is -2.34. The molecule has 1 atom stereocenters. The molecule has 0 spiro atoms. The summed E-state index contributed by atoms with van der Waals surface area (Å²) in [6, 6.07) is 1.07. The van der Waals surface area contributed by atoms with Gasteiger partial charge in [0.15, 0.2) is 5.76 Å². The van der Waals surface area contributed by atoms with E-state index in [1.54, 1.807) is 6.92 Å². The van der Waals surface area contributed by atoms with Crippen molar-refractivity contribution in [2.75, 3.05) is 13.1 Å². The average molecular weight is 316 g/mol. The van der Waals surface area contributed by atoms with E-state index < -0.39 is 27.3 Å². The number of sulfonamides is 1. The van der Waals surface area contributed by atoms with E-state index in [-0.39, 0.29) is 29.5 Å². The van der Waals surface area contributed by atoms with Gasteiger partial charge in [0.25, 0.3) is 5.91 Å². The second-order valence-electron chi connectivity index (χ2n) is 5.42. The molecule has 2 heterocycles. The number of nitrogens with zero attached hydrogens (tertiary/aromatic N) is 1. The Labute approximate surface area is 121 Å². The van der Waals surface area contributed by atoms with E-state index in [1.807, 2.05) is 0 Å². The molecule has 1 aliphatic heterocycles. The van der Waals surface area contributed by atoms with E-state index in [9.17, 15) is 18.0 Å². The van der Waals surface area contributed by atoms with E-state index >= 15 is 0 Å². The molecule has 9 heteroatoms. The number of amides is 1. The first-order valence-electron chi connectivity index (χ1n) is 6.20. The fourth-order valence-electron chi connectivity index (χ4n) is 2.32. The van der Waals surface area contributed by atoms with Crippen molar-refractivity contribution in [2.24, 2.45) is 10.6 Å². The smallest absolute Gasteiger partial charge is 0.311 e. The number of carboxylic acid groups (broad SMARTS) is 1. The minimum absolute atomic E-state index is 0.0287. The Balaban J connectivity index is 2.25. The highest BCUT2D eigenvalue weighted by Crippen LogP contribution is 2.31. The summed E-state index contributed by atoms with van der Waals surface area (Å²) in [5.41, 5.74) is -1.000. The van der Waals surface area contributed by atoms with Gasteiger partial charge in [0, 0.05) is 19.2 Å². The van der Waals surface area contributed by atoms with Crippen molar-refractivity contribution < 1.29 is 27.5 Å². The minimum atomic E-state index is -3.96. The van der Waals surface area contributed by atoms with Gasteiger partial charge in [0.1, 0.15) is 10.7 Å². The van der Waals surface area contributed by atoms with E-state index in [2.05, 4.69) is 0 Å². The topological polar surface area (TPSA) is 131 Å². The summed E-state index contributed by atoms with van der Waals surface area (Å²) in [6.45, 7) is 3.27. The molecule has 1 aliphatic rings. The lowest BCUT2D eigenvalue weighted by Gasteiger charge is -2.19. The van der Waals surface area contributed by atoms with Gasteiger partial charge in [-0.05, 0) is 20.3 Å². The van der Waals surface area contributed by atoms with Gasteiger partial charge in [-0.15, -0.1) is 0 Å². The van der Waals surface area contributed by atoms with Crippen LogP contribution in [0.5, 0.6) is 0 Å². The van der Waals surface area contributed by atoms with E-state index in [4.69, 9.17) is 14.7 Å². The van der Waals surface area contributed by atoms with Gasteiger partial charge < -0.3 is 14.4 Å². The molecule has 1 aromatic rings. The lowest BCUT2D eigenvalue weighted by atomic mass is 9.90. The van der Waals surface area contributed by atoms with Crippen molar-refractivity contribution in [3.05, 3.63) is 17.6 Å². The Kier molecular flexibility index (Phi) is 3.58. The first kappa shape index (κ1) is 15.5. The molecule has 2 rings (SSSR count). The second-order valence-corrected chi connectivity index (χ2v) is 6.95. The monoisotopic (exact) mass is 316 g/mol. The van der Waals surface area contributed by atoms with Crippen LogP contribution < -0.4 is 5.14 Å². The zero-order chi connectivity index (χ0) is 16.0. The Hall–Kier alpha value is -1.87. The molecule has 0 bridgehead atoms. The molecule has 0 aliphatic carbocycles. The summed E-state index contributed by atoms with van der Waals surface area (Å²) < 4.78 is 27.8. The standard InChI is InChI=1S/C12H16N2O6S/c1-7-9(21(13,18)19)5-8(20-7)10(15)14-4-3-12(2,6-14)11(16)17/h5H,3-4,6H2,1-2H3,(H,16,17)(H2,13,18,19)/t12-/m0/s1. The third-order valence-electron chi connectivity index (χ3n) is 3.67. The summed E-state index contributed by atoms with van der Waals surface area (Å²) in [5, 5.41) is 14.2. The maximum atomic E-state index is 12.3. The lowest BCUT2D eigenvalue weighted by molar-refractivity contribution is -0.147. The number of likely N-dealkylation sites (tertiary alicyclic amines) is 1. The van der Waals surface area contributed by atoms with Crippen LogP contribution in [0.1, 0.15) is 29.7 Å². The number of primary sulfonamides is 1. The normalized spacial score (nSPS) is 22.5. The van der Waals surface area contributed by atoms with Crippen LogP contribution in [0.3, 0.4) is 0 Å². The van der Waals surface area contributed by atoms with Crippen LogP contribution in [0.2, 0.25) is 0 Å². The largest absolute Gasteiger partial charge is 0.481 e.